The molecule has 0 aromatic rings. The zero-order valence-corrected chi connectivity index (χ0v) is 15.1. The molecule has 0 aromatic heterocycles. The SMILES string of the molecule is CC(CCCOBOCCCC(C)C1CNC(=O)O1)C1CNC(=O)O1. The van der Waals surface area contributed by atoms with Crippen molar-refractivity contribution in [2.75, 3.05) is 26.3 Å². The summed E-state index contributed by atoms with van der Waals surface area (Å²) >= 11 is 0. The highest BCUT2D eigenvalue weighted by atomic mass is 16.6. The lowest BCUT2D eigenvalue weighted by Crippen LogP contribution is -2.23. The second-order valence-electron chi connectivity index (χ2n) is 6.82. The van der Waals surface area contributed by atoms with E-state index >= 15 is 0 Å². The first-order chi connectivity index (χ1) is 12.1. The number of rotatable bonds is 12. The average molecular weight is 356 g/mol. The third-order valence-corrected chi connectivity index (χ3v) is 4.74. The van der Waals surface area contributed by atoms with Crippen LogP contribution in [0.3, 0.4) is 0 Å². The van der Waals surface area contributed by atoms with Gasteiger partial charge in [-0.1, -0.05) is 13.8 Å². The summed E-state index contributed by atoms with van der Waals surface area (Å²) in [5.41, 5.74) is 0. The molecule has 0 bridgehead atoms. The maximum atomic E-state index is 11.0. The summed E-state index contributed by atoms with van der Waals surface area (Å²) in [6.45, 7) is 6.63. The molecule has 0 radical (unpaired) electrons. The smallest absolute Gasteiger partial charge is 0.438 e. The first-order valence-corrected chi connectivity index (χ1v) is 9.10. The van der Waals surface area contributed by atoms with E-state index in [1.807, 2.05) is 0 Å². The minimum Gasteiger partial charge on any atom is -0.444 e. The number of ether oxygens (including phenoxy) is 2. The second-order valence-corrected chi connectivity index (χ2v) is 6.82. The van der Waals surface area contributed by atoms with Gasteiger partial charge in [-0.2, -0.15) is 0 Å². The van der Waals surface area contributed by atoms with Gasteiger partial charge in [-0.05, 0) is 37.5 Å². The Morgan fingerprint density at radius 1 is 0.960 bits per heavy atom. The average Bonchev–Trinajstić information content (AvgIpc) is 3.21. The van der Waals surface area contributed by atoms with Crippen LogP contribution >= 0.6 is 0 Å². The van der Waals surface area contributed by atoms with Crippen molar-refractivity contribution in [1.29, 1.82) is 0 Å². The molecule has 2 fully saturated rings. The van der Waals surface area contributed by atoms with E-state index in [-0.39, 0.29) is 24.4 Å². The van der Waals surface area contributed by atoms with Crippen molar-refractivity contribution >= 4 is 19.9 Å². The monoisotopic (exact) mass is 356 g/mol. The van der Waals surface area contributed by atoms with Crippen molar-refractivity contribution in [2.24, 2.45) is 11.8 Å². The molecule has 4 unspecified atom stereocenters. The Balaban J connectivity index is 1.37. The van der Waals surface area contributed by atoms with Gasteiger partial charge >= 0.3 is 19.9 Å². The van der Waals surface area contributed by atoms with Crippen LogP contribution in [0.2, 0.25) is 0 Å². The fourth-order valence-electron chi connectivity index (χ4n) is 3.01. The zero-order chi connectivity index (χ0) is 18.1. The summed E-state index contributed by atoms with van der Waals surface area (Å²) in [5.74, 6) is 0.647. The fraction of sp³-hybridized carbons (Fsp3) is 0.875. The summed E-state index contributed by atoms with van der Waals surface area (Å²) < 4.78 is 21.2. The lowest BCUT2D eigenvalue weighted by atomic mass is 9.99. The molecule has 2 aliphatic heterocycles. The number of amides is 2. The highest BCUT2D eigenvalue weighted by Crippen LogP contribution is 2.18. The molecule has 8 nitrogen and oxygen atoms in total. The maximum Gasteiger partial charge on any atom is 0.438 e. The molecule has 0 spiro atoms. The molecule has 2 heterocycles. The van der Waals surface area contributed by atoms with Crippen LogP contribution in [0.4, 0.5) is 9.59 Å². The van der Waals surface area contributed by atoms with Gasteiger partial charge in [0.1, 0.15) is 12.2 Å². The van der Waals surface area contributed by atoms with E-state index in [1.54, 1.807) is 0 Å². The molecule has 2 rings (SSSR count). The van der Waals surface area contributed by atoms with Crippen LogP contribution in [0.1, 0.15) is 39.5 Å². The van der Waals surface area contributed by atoms with Crippen LogP contribution in [0.5, 0.6) is 0 Å². The second kappa shape index (κ2) is 10.5. The molecule has 0 aromatic carbocycles. The van der Waals surface area contributed by atoms with Crippen LogP contribution in [0, 0.1) is 11.8 Å². The molecule has 142 valence electrons. The lowest BCUT2D eigenvalue weighted by Gasteiger charge is -2.17. The van der Waals surface area contributed by atoms with E-state index in [0.29, 0.717) is 45.8 Å². The van der Waals surface area contributed by atoms with Crippen LogP contribution in [-0.4, -0.2) is 58.4 Å². The van der Waals surface area contributed by atoms with Gasteiger partial charge < -0.3 is 29.4 Å². The number of hydrogen-bond acceptors (Lipinski definition) is 6. The van der Waals surface area contributed by atoms with Gasteiger partial charge in [0.2, 0.25) is 0 Å². The summed E-state index contributed by atoms with van der Waals surface area (Å²) in [6, 6.07) is 0. The Labute approximate surface area is 149 Å². The lowest BCUT2D eigenvalue weighted by molar-refractivity contribution is 0.103. The van der Waals surface area contributed by atoms with Gasteiger partial charge in [-0.25, -0.2) is 9.59 Å². The Morgan fingerprint density at radius 2 is 1.40 bits per heavy atom. The van der Waals surface area contributed by atoms with Gasteiger partial charge in [0, 0.05) is 13.2 Å². The molecular weight excluding hydrogens is 327 g/mol. The topological polar surface area (TPSA) is 95.1 Å². The zero-order valence-electron chi connectivity index (χ0n) is 15.1. The van der Waals surface area contributed by atoms with Crippen LogP contribution < -0.4 is 10.6 Å². The molecule has 2 amide bonds. The number of nitrogens with one attached hydrogen (secondary N) is 2. The Hall–Kier alpha value is -1.48. The highest BCUT2D eigenvalue weighted by molar-refractivity contribution is 6.17. The minimum atomic E-state index is -0.321. The summed E-state index contributed by atoms with van der Waals surface area (Å²) in [7, 11) is 0.294. The number of cyclic esters (lactones) is 2. The maximum absolute atomic E-state index is 11.0. The van der Waals surface area contributed by atoms with Gasteiger partial charge in [-0.3, -0.25) is 0 Å². The first-order valence-electron chi connectivity index (χ1n) is 9.10. The summed E-state index contributed by atoms with van der Waals surface area (Å²) in [6.07, 6.45) is 3.03. The van der Waals surface area contributed by atoms with Crippen LogP contribution in [0.25, 0.3) is 0 Å². The quantitative estimate of drug-likeness (QED) is 0.405. The molecule has 2 aliphatic rings. The third-order valence-electron chi connectivity index (χ3n) is 4.74. The third kappa shape index (κ3) is 7.11. The normalized spacial score (nSPS) is 24.9. The van der Waals surface area contributed by atoms with Gasteiger partial charge in [-0.15, -0.1) is 0 Å². The van der Waals surface area contributed by atoms with E-state index in [2.05, 4.69) is 24.5 Å². The molecule has 0 saturated carbocycles. The largest absolute Gasteiger partial charge is 0.444 e. The molecule has 4 atom stereocenters. The Bertz CT molecular complexity index is 401. The van der Waals surface area contributed by atoms with Crippen molar-refractivity contribution < 1.29 is 28.4 Å². The molecule has 2 saturated heterocycles. The number of carbonyl (C=O) groups excluding carboxylic acids is 2. The predicted molar refractivity (Wildman–Crippen MR) is 92.4 cm³/mol. The Kier molecular flexibility index (Phi) is 8.34. The molecule has 2 N–H and O–H groups in total. The first kappa shape index (κ1) is 19.8. The minimum absolute atomic E-state index is 0.0277. The number of alkyl carbamates (subject to hydrolysis) is 2. The summed E-state index contributed by atoms with van der Waals surface area (Å²) in [5, 5.41) is 5.34. The molecular formula is C16H29BN2O6. The Morgan fingerprint density at radius 3 is 1.76 bits per heavy atom. The van der Waals surface area contributed by atoms with E-state index < -0.39 is 0 Å². The van der Waals surface area contributed by atoms with Crippen LogP contribution in [0.15, 0.2) is 0 Å². The standard InChI is InChI=1S/C16H29BN2O6/c1-11(13-9-18-15(20)24-13)5-3-7-22-17-23-8-4-6-12(2)14-10-19-16(21)25-14/h11-14,17H,3-10H2,1-2H3,(H,18,20)(H,19,21). The highest BCUT2D eigenvalue weighted by Gasteiger charge is 2.28. The number of carbonyl (C=O) groups is 2. The summed E-state index contributed by atoms with van der Waals surface area (Å²) in [4.78, 5) is 22.0. The molecule has 9 heteroatoms. The van der Waals surface area contributed by atoms with Crippen molar-refractivity contribution in [3.63, 3.8) is 0 Å². The van der Waals surface area contributed by atoms with E-state index in [4.69, 9.17) is 18.8 Å². The van der Waals surface area contributed by atoms with Crippen molar-refractivity contribution in [3.8, 4) is 0 Å². The van der Waals surface area contributed by atoms with E-state index in [0.717, 1.165) is 25.7 Å². The molecule has 25 heavy (non-hydrogen) atoms. The van der Waals surface area contributed by atoms with Crippen molar-refractivity contribution in [3.05, 3.63) is 0 Å². The van der Waals surface area contributed by atoms with E-state index in [1.165, 1.54) is 0 Å². The van der Waals surface area contributed by atoms with Gasteiger partial charge in [0.05, 0.1) is 13.1 Å². The molecule has 0 aliphatic carbocycles. The number of hydrogen-bond donors (Lipinski definition) is 2. The van der Waals surface area contributed by atoms with Gasteiger partial charge in [0.15, 0.2) is 0 Å². The fourth-order valence-corrected chi connectivity index (χ4v) is 3.01. The van der Waals surface area contributed by atoms with Crippen molar-refractivity contribution in [2.45, 2.75) is 51.7 Å². The predicted octanol–water partition coefficient (Wildman–Crippen LogP) is 1.34. The van der Waals surface area contributed by atoms with E-state index in [9.17, 15) is 9.59 Å². The van der Waals surface area contributed by atoms with Gasteiger partial charge in [0.25, 0.3) is 0 Å². The van der Waals surface area contributed by atoms with Crippen LogP contribution in [-0.2, 0) is 18.8 Å². The van der Waals surface area contributed by atoms with Crippen molar-refractivity contribution in [1.82, 2.24) is 10.6 Å².